The molecular weight excluding hydrogens is 200 g/mol. The molecule has 2 nitrogen and oxygen atoms in total. The fourth-order valence-electron chi connectivity index (χ4n) is 1.18. The zero-order chi connectivity index (χ0) is 13.6. The molecule has 2 atom stereocenters. The van der Waals surface area contributed by atoms with Crippen LogP contribution in [0.15, 0.2) is 42.5 Å². The van der Waals surface area contributed by atoms with Crippen LogP contribution in [-0.4, -0.2) is 12.6 Å². The van der Waals surface area contributed by atoms with Gasteiger partial charge >= 0.3 is 5.97 Å². The van der Waals surface area contributed by atoms with Crippen LogP contribution in [0.2, 0.25) is 0 Å². The van der Waals surface area contributed by atoms with Crippen LogP contribution < -0.4 is 0 Å². The van der Waals surface area contributed by atoms with Crippen molar-refractivity contribution in [3.8, 4) is 0 Å². The van der Waals surface area contributed by atoms with Crippen LogP contribution in [0.25, 0.3) is 0 Å². The third kappa shape index (κ3) is 4.30. The molecule has 0 aromatic heterocycles. The highest BCUT2D eigenvalue weighted by molar-refractivity contribution is 5.73. The second-order valence-corrected chi connectivity index (χ2v) is 3.34. The number of carbonyl (C=O) groups excluding carboxylic acids is 1. The largest absolute Gasteiger partial charge is 0.466 e. The van der Waals surface area contributed by atoms with Gasteiger partial charge in [-0.3, -0.25) is 4.79 Å². The number of hydrogen-bond donors (Lipinski definition) is 0. The van der Waals surface area contributed by atoms with Crippen LogP contribution in [-0.2, 0) is 15.9 Å². The molecule has 0 aliphatic carbocycles. The van der Waals surface area contributed by atoms with Crippen LogP contribution in [0.1, 0.15) is 22.2 Å². The maximum Gasteiger partial charge on any atom is 0.312 e. The Bertz CT molecular complexity index is 413. The van der Waals surface area contributed by atoms with Crippen molar-refractivity contribution in [2.75, 3.05) is 6.61 Å². The summed E-state index contributed by atoms with van der Waals surface area (Å²) in [5, 5.41) is 0. The summed E-state index contributed by atoms with van der Waals surface area (Å²) in [5.41, 5.74) is 0.827. The maximum absolute atomic E-state index is 11.5. The molecule has 1 aromatic carbocycles. The molecule has 86 valence electrons. The van der Waals surface area contributed by atoms with Gasteiger partial charge < -0.3 is 4.74 Å². The lowest BCUT2D eigenvalue weighted by atomic mass is 10.1. The minimum absolute atomic E-state index is 0.254. The molecule has 0 saturated carbocycles. The molecule has 0 saturated heterocycles. The van der Waals surface area contributed by atoms with E-state index in [2.05, 4.69) is 0 Å². The molecule has 0 N–H and O–H groups in total. The fourth-order valence-corrected chi connectivity index (χ4v) is 1.18. The molecule has 0 radical (unpaired) electrons. The Morgan fingerprint density at radius 1 is 1.56 bits per heavy atom. The lowest BCUT2D eigenvalue weighted by molar-refractivity contribution is -0.145. The number of hydrogen-bond acceptors (Lipinski definition) is 2. The van der Waals surface area contributed by atoms with Crippen LogP contribution in [0.4, 0.5) is 0 Å². The third-order valence-corrected chi connectivity index (χ3v) is 2.03. The molecule has 0 heterocycles. The molecule has 0 amide bonds. The fraction of sp³-hybridized carbons (Fsp3) is 0.357. The summed E-state index contributed by atoms with van der Waals surface area (Å²) in [5.74, 6) is -2.04. The average Bonchev–Trinajstić information content (AvgIpc) is 2.37. The van der Waals surface area contributed by atoms with Crippen molar-refractivity contribution in [3.63, 3.8) is 0 Å². The van der Waals surface area contributed by atoms with Gasteiger partial charge in [-0.2, -0.15) is 0 Å². The molecule has 0 aliphatic heterocycles. The number of esters is 1. The summed E-state index contributed by atoms with van der Waals surface area (Å²) in [4.78, 5) is 11.5. The lowest BCUT2D eigenvalue weighted by Gasteiger charge is -2.04. The van der Waals surface area contributed by atoms with E-state index < -0.39 is 18.3 Å². The topological polar surface area (TPSA) is 26.3 Å². The first-order chi connectivity index (χ1) is 8.47. The van der Waals surface area contributed by atoms with Gasteiger partial charge in [0.25, 0.3) is 0 Å². The molecule has 0 fully saturated rings. The van der Waals surface area contributed by atoms with Crippen LogP contribution in [0.5, 0.6) is 0 Å². The molecule has 1 rings (SSSR count). The van der Waals surface area contributed by atoms with E-state index in [1.54, 1.807) is 13.0 Å². The van der Waals surface area contributed by atoms with E-state index in [1.165, 1.54) is 13.0 Å². The van der Waals surface area contributed by atoms with Gasteiger partial charge in [-0.05, 0) is 25.8 Å². The van der Waals surface area contributed by atoms with Gasteiger partial charge in [-0.25, -0.2) is 0 Å². The summed E-state index contributed by atoms with van der Waals surface area (Å²) in [6.45, 7) is 3.41. The van der Waals surface area contributed by atoms with E-state index in [1.807, 2.05) is 30.3 Å². The summed E-state index contributed by atoms with van der Waals surface area (Å²) >= 11 is 0. The molecule has 2 heteroatoms. The van der Waals surface area contributed by atoms with Crippen molar-refractivity contribution in [2.45, 2.75) is 20.2 Å². The first kappa shape index (κ1) is 9.64. The maximum atomic E-state index is 11.5. The molecule has 0 bridgehead atoms. The zero-order valence-electron chi connectivity index (χ0n) is 11.6. The smallest absolute Gasteiger partial charge is 0.312 e. The van der Waals surface area contributed by atoms with Crippen molar-refractivity contribution in [1.29, 1.82) is 0 Å². The van der Waals surface area contributed by atoms with Crippen molar-refractivity contribution >= 4 is 5.97 Å². The van der Waals surface area contributed by atoms with E-state index in [9.17, 15) is 4.79 Å². The first-order valence-electron chi connectivity index (χ1n) is 6.39. The van der Waals surface area contributed by atoms with E-state index >= 15 is 0 Å². The highest BCUT2D eigenvalue weighted by Crippen LogP contribution is 2.04. The molecule has 2 unspecified atom stereocenters. The van der Waals surface area contributed by atoms with Crippen LogP contribution in [0.3, 0.4) is 0 Å². The Hall–Kier alpha value is -1.57. The average molecular weight is 220 g/mol. The van der Waals surface area contributed by atoms with Crippen LogP contribution in [0, 0.1) is 5.89 Å². The number of carbonyl (C=O) groups is 1. The molecule has 0 aliphatic rings. The lowest BCUT2D eigenvalue weighted by Crippen LogP contribution is -2.12. The summed E-state index contributed by atoms with van der Waals surface area (Å²) in [6, 6.07) is 9.28. The van der Waals surface area contributed by atoms with Gasteiger partial charge in [-0.15, -0.1) is 0 Å². The van der Waals surface area contributed by atoms with Gasteiger partial charge in [0.05, 0.1) is 12.5 Å². The molecule has 1 aromatic rings. The monoisotopic (exact) mass is 220 g/mol. The number of rotatable bonds is 5. The number of ether oxygens (including phenoxy) is 1. The zero-order valence-corrected chi connectivity index (χ0v) is 9.64. The Morgan fingerprint density at radius 3 is 2.88 bits per heavy atom. The summed E-state index contributed by atoms with van der Waals surface area (Å²) in [6.07, 6.45) is 2.37. The van der Waals surface area contributed by atoms with Gasteiger partial charge in [0, 0.05) is 2.74 Å². The Kier molecular flexibility index (Phi) is 4.12. The molecule has 16 heavy (non-hydrogen) atoms. The summed E-state index contributed by atoms with van der Waals surface area (Å²) in [7, 11) is 0. The normalized spacial score (nSPS) is 18.4. The second kappa shape index (κ2) is 6.83. The highest BCUT2D eigenvalue weighted by atomic mass is 16.5. The second-order valence-electron chi connectivity index (χ2n) is 3.34. The standard InChI is InChI=1S/C14H18O2/c1-3-16-14(15)12(2)8-7-11-13-9-5-4-6-10-13/h4-10,12H,3,11H2,1-2H3/b8-7+/i11D,12D. The number of benzene rings is 1. The van der Waals surface area contributed by atoms with Gasteiger partial charge in [0.15, 0.2) is 0 Å². The van der Waals surface area contributed by atoms with E-state index in [4.69, 9.17) is 7.48 Å². The van der Waals surface area contributed by atoms with Crippen LogP contribution >= 0.6 is 0 Å². The Morgan fingerprint density at radius 2 is 2.25 bits per heavy atom. The predicted octanol–water partition coefficient (Wildman–Crippen LogP) is 2.98. The van der Waals surface area contributed by atoms with Crippen molar-refractivity contribution in [1.82, 2.24) is 0 Å². The van der Waals surface area contributed by atoms with E-state index in [-0.39, 0.29) is 6.61 Å². The summed E-state index contributed by atoms with van der Waals surface area (Å²) < 4.78 is 20.6. The van der Waals surface area contributed by atoms with Gasteiger partial charge in [0.1, 0.15) is 0 Å². The number of allylic oxidation sites excluding steroid dienone is 1. The van der Waals surface area contributed by atoms with E-state index in [0.717, 1.165) is 5.56 Å². The quantitative estimate of drug-likeness (QED) is 0.563. The van der Waals surface area contributed by atoms with Crippen molar-refractivity contribution in [2.24, 2.45) is 5.89 Å². The Labute approximate surface area is 99.7 Å². The van der Waals surface area contributed by atoms with E-state index in [0.29, 0.717) is 0 Å². The Balaban J connectivity index is 2.71. The first-order valence-corrected chi connectivity index (χ1v) is 5.31. The minimum Gasteiger partial charge on any atom is -0.466 e. The van der Waals surface area contributed by atoms with Gasteiger partial charge in [0.2, 0.25) is 0 Å². The predicted molar refractivity (Wildman–Crippen MR) is 65.1 cm³/mol. The SMILES string of the molecule is [2H]C(/C=C/C([2H])(C)C(=O)OCC)c1ccccc1. The molecular formula is C14H18O2. The van der Waals surface area contributed by atoms with Crippen molar-refractivity contribution in [3.05, 3.63) is 48.0 Å². The molecule has 0 spiro atoms. The van der Waals surface area contributed by atoms with Crippen molar-refractivity contribution < 1.29 is 12.3 Å². The third-order valence-electron chi connectivity index (χ3n) is 2.03. The minimum atomic E-state index is -1.44. The highest BCUT2D eigenvalue weighted by Gasteiger charge is 2.08. The van der Waals surface area contributed by atoms with Gasteiger partial charge in [-0.1, -0.05) is 42.5 Å².